The van der Waals surface area contributed by atoms with Gasteiger partial charge in [0.2, 0.25) is 0 Å². The van der Waals surface area contributed by atoms with Crippen LogP contribution < -0.4 is 5.73 Å². The SMILES string of the molecule is CC(CO)CSc1ccc(C(=N)N)nc1. The number of aromatic nitrogens is 1. The van der Waals surface area contributed by atoms with Crippen molar-refractivity contribution in [1.82, 2.24) is 4.98 Å². The van der Waals surface area contributed by atoms with E-state index in [0.717, 1.165) is 10.6 Å². The zero-order valence-electron chi connectivity index (χ0n) is 8.60. The van der Waals surface area contributed by atoms with Crippen LogP contribution in [0.4, 0.5) is 0 Å². The third kappa shape index (κ3) is 3.89. The molecule has 0 saturated carbocycles. The molecule has 1 heterocycles. The van der Waals surface area contributed by atoms with Gasteiger partial charge in [-0.3, -0.25) is 10.4 Å². The van der Waals surface area contributed by atoms with E-state index >= 15 is 0 Å². The molecular weight excluding hydrogens is 210 g/mol. The second-order valence-electron chi connectivity index (χ2n) is 3.39. The number of amidine groups is 1. The minimum atomic E-state index is -0.0183. The van der Waals surface area contributed by atoms with Crippen LogP contribution in [0.1, 0.15) is 12.6 Å². The average Bonchev–Trinajstić information content (AvgIpc) is 2.26. The van der Waals surface area contributed by atoms with Gasteiger partial charge >= 0.3 is 0 Å². The van der Waals surface area contributed by atoms with Crippen LogP contribution in [0.2, 0.25) is 0 Å². The van der Waals surface area contributed by atoms with Crippen molar-refractivity contribution < 1.29 is 5.11 Å². The summed E-state index contributed by atoms with van der Waals surface area (Å²) in [4.78, 5) is 5.08. The Balaban J connectivity index is 2.53. The number of aliphatic hydroxyl groups excluding tert-OH is 1. The molecule has 1 atom stereocenters. The Morgan fingerprint density at radius 1 is 1.67 bits per heavy atom. The molecule has 1 aromatic heterocycles. The lowest BCUT2D eigenvalue weighted by molar-refractivity contribution is 0.250. The summed E-state index contributed by atoms with van der Waals surface area (Å²) >= 11 is 1.64. The van der Waals surface area contributed by atoms with Crippen LogP contribution in [0.3, 0.4) is 0 Å². The number of hydrogen-bond donors (Lipinski definition) is 3. The van der Waals surface area contributed by atoms with E-state index < -0.39 is 0 Å². The van der Waals surface area contributed by atoms with E-state index in [1.165, 1.54) is 0 Å². The first kappa shape index (κ1) is 12.0. The van der Waals surface area contributed by atoms with Gasteiger partial charge < -0.3 is 10.8 Å². The summed E-state index contributed by atoms with van der Waals surface area (Å²) < 4.78 is 0. The Morgan fingerprint density at radius 2 is 2.40 bits per heavy atom. The Labute approximate surface area is 93.4 Å². The lowest BCUT2D eigenvalue weighted by atomic mass is 10.2. The standard InChI is InChI=1S/C10H15N3OS/c1-7(5-14)6-15-8-2-3-9(10(11)12)13-4-8/h2-4,7,14H,5-6H2,1H3,(H3,11,12). The number of nitrogens with one attached hydrogen (secondary N) is 1. The van der Waals surface area contributed by atoms with Crippen LogP contribution in [0.25, 0.3) is 0 Å². The molecule has 0 aliphatic carbocycles. The monoisotopic (exact) mass is 225 g/mol. The van der Waals surface area contributed by atoms with E-state index in [2.05, 4.69) is 4.98 Å². The molecule has 0 spiro atoms. The molecule has 0 saturated heterocycles. The number of aliphatic hydroxyl groups is 1. The molecule has 0 aliphatic heterocycles. The van der Waals surface area contributed by atoms with Gasteiger partial charge in [0.1, 0.15) is 11.5 Å². The summed E-state index contributed by atoms with van der Waals surface area (Å²) in [5.74, 6) is 1.12. The van der Waals surface area contributed by atoms with Crippen molar-refractivity contribution in [2.45, 2.75) is 11.8 Å². The van der Waals surface area contributed by atoms with E-state index in [1.54, 1.807) is 24.0 Å². The summed E-state index contributed by atoms with van der Waals surface area (Å²) in [5, 5.41) is 16.0. The van der Waals surface area contributed by atoms with Crippen molar-refractivity contribution >= 4 is 17.6 Å². The molecule has 0 amide bonds. The fourth-order valence-corrected chi connectivity index (χ4v) is 1.79. The highest BCUT2D eigenvalue weighted by atomic mass is 32.2. The van der Waals surface area contributed by atoms with Crippen molar-refractivity contribution in [2.75, 3.05) is 12.4 Å². The van der Waals surface area contributed by atoms with E-state index in [0.29, 0.717) is 5.69 Å². The molecule has 82 valence electrons. The van der Waals surface area contributed by atoms with E-state index in [9.17, 15) is 0 Å². The second kappa shape index (κ2) is 5.72. The predicted molar refractivity (Wildman–Crippen MR) is 62.2 cm³/mol. The number of nitrogen functional groups attached to an aromatic ring is 1. The summed E-state index contributed by atoms with van der Waals surface area (Å²) in [6, 6.07) is 3.62. The highest BCUT2D eigenvalue weighted by molar-refractivity contribution is 7.99. The van der Waals surface area contributed by atoms with Gasteiger partial charge in [-0.05, 0) is 18.1 Å². The van der Waals surface area contributed by atoms with Crippen molar-refractivity contribution in [3.8, 4) is 0 Å². The average molecular weight is 225 g/mol. The lowest BCUT2D eigenvalue weighted by Crippen LogP contribution is -2.12. The van der Waals surface area contributed by atoms with Crippen LogP contribution in [-0.4, -0.2) is 28.3 Å². The molecule has 1 rings (SSSR count). The van der Waals surface area contributed by atoms with Gasteiger partial charge in [0.05, 0.1) is 0 Å². The van der Waals surface area contributed by atoms with Gasteiger partial charge in [0.25, 0.3) is 0 Å². The van der Waals surface area contributed by atoms with E-state index in [1.807, 2.05) is 13.0 Å². The van der Waals surface area contributed by atoms with Gasteiger partial charge in [0.15, 0.2) is 0 Å². The van der Waals surface area contributed by atoms with Gasteiger partial charge in [-0.2, -0.15) is 0 Å². The topological polar surface area (TPSA) is 83.0 Å². The maximum atomic E-state index is 8.86. The van der Waals surface area contributed by atoms with Crippen molar-refractivity contribution in [1.29, 1.82) is 5.41 Å². The van der Waals surface area contributed by atoms with E-state index in [4.69, 9.17) is 16.2 Å². The molecule has 4 nitrogen and oxygen atoms in total. The normalized spacial score (nSPS) is 12.4. The Morgan fingerprint density at radius 3 is 2.87 bits per heavy atom. The third-order valence-electron chi connectivity index (χ3n) is 1.86. The number of pyridine rings is 1. The molecule has 4 N–H and O–H groups in total. The summed E-state index contributed by atoms with van der Waals surface area (Å²) in [6.45, 7) is 2.19. The number of thioether (sulfide) groups is 1. The largest absolute Gasteiger partial charge is 0.396 e. The van der Waals surface area contributed by atoms with E-state index in [-0.39, 0.29) is 18.4 Å². The second-order valence-corrected chi connectivity index (χ2v) is 4.48. The van der Waals surface area contributed by atoms with Crippen LogP contribution in [-0.2, 0) is 0 Å². The Bertz CT molecular complexity index is 326. The van der Waals surface area contributed by atoms with Gasteiger partial charge in [0, 0.05) is 23.5 Å². The highest BCUT2D eigenvalue weighted by Crippen LogP contribution is 2.19. The highest BCUT2D eigenvalue weighted by Gasteiger charge is 2.02. The Hall–Kier alpha value is -1.07. The summed E-state index contributed by atoms with van der Waals surface area (Å²) in [7, 11) is 0. The predicted octanol–water partition coefficient (Wildman–Crippen LogP) is 1.09. The number of nitrogens with two attached hydrogens (primary N) is 1. The van der Waals surface area contributed by atoms with Gasteiger partial charge in [-0.15, -0.1) is 11.8 Å². The zero-order valence-corrected chi connectivity index (χ0v) is 9.42. The van der Waals surface area contributed by atoms with Crippen LogP contribution in [0.15, 0.2) is 23.2 Å². The maximum Gasteiger partial charge on any atom is 0.141 e. The molecule has 0 radical (unpaired) electrons. The number of rotatable bonds is 5. The molecule has 0 fully saturated rings. The number of hydrogen-bond acceptors (Lipinski definition) is 4. The van der Waals surface area contributed by atoms with Crippen LogP contribution in [0, 0.1) is 11.3 Å². The Kier molecular flexibility index (Phi) is 4.58. The van der Waals surface area contributed by atoms with Gasteiger partial charge in [-0.1, -0.05) is 6.92 Å². The molecular formula is C10H15N3OS. The minimum absolute atomic E-state index is 0.0183. The maximum absolute atomic E-state index is 8.86. The van der Waals surface area contributed by atoms with Crippen LogP contribution >= 0.6 is 11.8 Å². The molecule has 0 aromatic carbocycles. The van der Waals surface area contributed by atoms with Crippen molar-refractivity contribution in [2.24, 2.45) is 11.7 Å². The third-order valence-corrected chi connectivity index (χ3v) is 3.17. The smallest absolute Gasteiger partial charge is 0.141 e. The zero-order chi connectivity index (χ0) is 11.3. The van der Waals surface area contributed by atoms with Gasteiger partial charge in [-0.25, -0.2) is 0 Å². The quantitative estimate of drug-likeness (QED) is 0.398. The first-order valence-electron chi connectivity index (χ1n) is 4.67. The first-order valence-corrected chi connectivity index (χ1v) is 5.66. The minimum Gasteiger partial charge on any atom is -0.396 e. The van der Waals surface area contributed by atoms with Crippen LogP contribution in [0.5, 0.6) is 0 Å². The lowest BCUT2D eigenvalue weighted by Gasteiger charge is -2.06. The summed E-state index contributed by atoms with van der Waals surface area (Å²) in [6.07, 6.45) is 1.70. The fourth-order valence-electron chi connectivity index (χ4n) is 0.916. The first-order chi connectivity index (χ1) is 7.13. The molecule has 0 bridgehead atoms. The van der Waals surface area contributed by atoms with Crippen molar-refractivity contribution in [3.05, 3.63) is 24.0 Å². The number of nitrogens with zero attached hydrogens (tertiary/aromatic N) is 1. The molecule has 1 aromatic rings. The fraction of sp³-hybridized carbons (Fsp3) is 0.400. The molecule has 0 aliphatic rings. The molecule has 5 heteroatoms. The molecule has 15 heavy (non-hydrogen) atoms. The van der Waals surface area contributed by atoms with Crippen molar-refractivity contribution in [3.63, 3.8) is 0 Å². The molecule has 1 unspecified atom stereocenters. The summed E-state index contributed by atoms with van der Waals surface area (Å²) in [5.41, 5.74) is 5.78.